The lowest BCUT2D eigenvalue weighted by molar-refractivity contribution is 0.0598. The number of hydrogen-bond donors (Lipinski definition) is 0. The van der Waals surface area contributed by atoms with Crippen molar-refractivity contribution in [2.45, 2.75) is 6.92 Å². The van der Waals surface area contributed by atoms with Crippen LogP contribution in [0, 0.1) is 6.92 Å². The zero-order valence-electron chi connectivity index (χ0n) is 7.83. The Bertz CT molecular complexity index is 385. The zero-order chi connectivity index (χ0) is 10.7. The fourth-order valence-electron chi connectivity index (χ4n) is 1.16. The quantitative estimate of drug-likeness (QED) is 0.558. The minimum atomic E-state index is -0.596. The van der Waals surface area contributed by atoms with Crippen molar-refractivity contribution >= 4 is 23.9 Å². The Balaban J connectivity index is 3.44. The molecule has 0 amide bonds. The van der Waals surface area contributed by atoms with Gasteiger partial charge in [-0.15, -0.1) is 0 Å². The van der Waals surface area contributed by atoms with Crippen molar-refractivity contribution in [1.82, 2.24) is 0 Å². The van der Waals surface area contributed by atoms with Crippen LogP contribution < -0.4 is 0 Å². The van der Waals surface area contributed by atoms with Crippen molar-refractivity contribution in [3.8, 4) is 0 Å². The van der Waals surface area contributed by atoms with Crippen LogP contribution in [0.2, 0.25) is 5.02 Å². The first-order valence-corrected chi connectivity index (χ1v) is 4.32. The maximum Gasteiger partial charge on any atom is 0.340 e. The molecule has 0 aliphatic carbocycles. The number of hydrogen-bond acceptors (Lipinski definition) is 3. The Morgan fingerprint density at radius 1 is 1.50 bits per heavy atom. The number of carbonyl (C=O) groups excluding carboxylic acids is 2. The number of benzene rings is 1. The largest absolute Gasteiger partial charge is 0.465 e. The van der Waals surface area contributed by atoms with E-state index in [-0.39, 0.29) is 16.1 Å². The smallest absolute Gasteiger partial charge is 0.340 e. The maximum absolute atomic E-state index is 11.3. The van der Waals surface area contributed by atoms with Crippen molar-refractivity contribution in [2.75, 3.05) is 7.11 Å². The first kappa shape index (κ1) is 10.7. The minimum absolute atomic E-state index is 0.129. The van der Waals surface area contributed by atoms with E-state index in [9.17, 15) is 9.59 Å². The molecule has 0 spiro atoms. The molecule has 0 radical (unpaired) electrons. The van der Waals surface area contributed by atoms with Crippen LogP contribution in [0.25, 0.3) is 0 Å². The summed E-state index contributed by atoms with van der Waals surface area (Å²) in [6.07, 6.45) is 0.605. The lowest BCUT2D eigenvalue weighted by atomic mass is 10.0. The molecule has 0 aromatic heterocycles. The lowest BCUT2D eigenvalue weighted by Crippen LogP contribution is -2.07. The number of methoxy groups -OCH3 is 1. The van der Waals surface area contributed by atoms with Gasteiger partial charge in [-0.05, 0) is 18.6 Å². The molecule has 0 N–H and O–H groups in total. The van der Waals surface area contributed by atoms with Crippen LogP contribution in [0.4, 0.5) is 0 Å². The molecule has 1 aromatic carbocycles. The van der Waals surface area contributed by atoms with Crippen molar-refractivity contribution in [1.29, 1.82) is 0 Å². The molecule has 0 heterocycles. The molecule has 3 nitrogen and oxygen atoms in total. The van der Waals surface area contributed by atoms with Crippen LogP contribution >= 0.6 is 11.6 Å². The van der Waals surface area contributed by atoms with Gasteiger partial charge in [-0.1, -0.05) is 17.7 Å². The second-order valence-electron chi connectivity index (χ2n) is 2.76. The SMILES string of the molecule is COC(=O)c1c(Cl)ccc(C)c1C=O. The molecule has 14 heavy (non-hydrogen) atoms. The maximum atomic E-state index is 11.3. The normalized spacial score (nSPS) is 9.64. The van der Waals surface area contributed by atoms with E-state index in [4.69, 9.17) is 11.6 Å². The number of ether oxygens (including phenoxy) is 1. The predicted octanol–water partition coefficient (Wildman–Crippen LogP) is 2.25. The monoisotopic (exact) mass is 212 g/mol. The summed E-state index contributed by atoms with van der Waals surface area (Å²) in [5.41, 5.74) is 1.11. The van der Waals surface area contributed by atoms with Crippen LogP contribution in [0.1, 0.15) is 26.3 Å². The van der Waals surface area contributed by atoms with Crippen molar-refractivity contribution in [3.05, 3.63) is 33.8 Å². The van der Waals surface area contributed by atoms with E-state index in [0.717, 1.165) is 0 Å². The van der Waals surface area contributed by atoms with Gasteiger partial charge in [0.15, 0.2) is 6.29 Å². The molecule has 0 bridgehead atoms. The van der Waals surface area contributed by atoms with Gasteiger partial charge in [0.25, 0.3) is 0 Å². The highest BCUT2D eigenvalue weighted by molar-refractivity contribution is 6.34. The summed E-state index contributed by atoms with van der Waals surface area (Å²) in [7, 11) is 1.25. The highest BCUT2D eigenvalue weighted by Crippen LogP contribution is 2.22. The highest BCUT2D eigenvalue weighted by Gasteiger charge is 2.17. The van der Waals surface area contributed by atoms with E-state index in [1.54, 1.807) is 19.1 Å². The van der Waals surface area contributed by atoms with Crippen LogP contribution in [-0.4, -0.2) is 19.4 Å². The molecular formula is C10H9ClO3. The Morgan fingerprint density at radius 2 is 2.14 bits per heavy atom. The first-order valence-electron chi connectivity index (χ1n) is 3.94. The van der Waals surface area contributed by atoms with Gasteiger partial charge in [-0.2, -0.15) is 0 Å². The van der Waals surface area contributed by atoms with E-state index < -0.39 is 5.97 Å². The molecule has 0 saturated carbocycles. The van der Waals surface area contributed by atoms with Crippen LogP contribution in [-0.2, 0) is 4.74 Å². The summed E-state index contributed by atoms with van der Waals surface area (Å²) in [5.74, 6) is -0.596. The van der Waals surface area contributed by atoms with Gasteiger partial charge in [-0.3, -0.25) is 4.79 Å². The fraction of sp³-hybridized carbons (Fsp3) is 0.200. The minimum Gasteiger partial charge on any atom is -0.465 e. The summed E-state index contributed by atoms with van der Waals surface area (Å²) < 4.78 is 4.53. The summed E-state index contributed by atoms with van der Waals surface area (Å²) in [6.45, 7) is 1.73. The Labute approximate surface area is 86.6 Å². The predicted molar refractivity (Wildman–Crippen MR) is 52.9 cm³/mol. The van der Waals surface area contributed by atoms with Crippen molar-refractivity contribution < 1.29 is 14.3 Å². The number of halogens is 1. The third-order valence-electron chi connectivity index (χ3n) is 1.92. The summed E-state index contributed by atoms with van der Waals surface area (Å²) in [4.78, 5) is 22.1. The van der Waals surface area contributed by atoms with E-state index in [2.05, 4.69) is 4.74 Å². The third-order valence-corrected chi connectivity index (χ3v) is 2.24. The molecule has 0 unspecified atom stereocenters. The van der Waals surface area contributed by atoms with Gasteiger partial charge in [0, 0.05) is 5.56 Å². The van der Waals surface area contributed by atoms with E-state index in [0.29, 0.717) is 11.8 Å². The van der Waals surface area contributed by atoms with E-state index in [1.807, 2.05) is 0 Å². The molecule has 0 aliphatic rings. The molecule has 74 valence electrons. The van der Waals surface area contributed by atoms with Gasteiger partial charge in [0.2, 0.25) is 0 Å². The summed E-state index contributed by atoms with van der Waals surface area (Å²) in [5, 5.41) is 0.226. The van der Waals surface area contributed by atoms with Gasteiger partial charge in [0.1, 0.15) is 0 Å². The van der Waals surface area contributed by atoms with Crippen molar-refractivity contribution in [2.24, 2.45) is 0 Å². The third kappa shape index (κ3) is 1.77. The molecule has 1 aromatic rings. The number of rotatable bonds is 2. The topological polar surface area (TPSA) is 43.4 Å². The first-order chi connectivity index (χ1) is 6.61. The number of esters is 1. The second kappa shape index (κ2) is 4.24. The van der Waals surface area contributed by atoms with E-state index >= 15 is 0 Å². The van der Waals surface area contributed by atoms with Crippen LogP contribution in [0.5, 0.6) is 0 Å². The number of aldehydes is 1. The van der Waals surface area contributed by atoms with Crippen LogP contribution in [0.15, 0.2) is 12.1 Å². The van der Waals surface area contributed by atoms with Gasteiger partial charge >= 0.3 is 5.97 Å². The summed E-state index contributed by atoms with van der Waals surface area (Å²) in [6, 6.07) is 3.24. The Hall–Kier alpha value is -1.35. The molecule has 0 atom stereocenters. The second-order valence-corrected chi connectivity index (χ2v) is 3.17. The van der Waals surface area contributed by atoms with Gasteiger partial charge < -0.3 is 4.74 Å². The molecule has 0 fully saturated rings. The average Bonchev–Trinajstić information content (AvgIpc) is 2.19. The van der Waals surface area contributed by atoms with Gasteiger partial charge in [-0.25, -0.2) is 4.79 Å². The molecule has 1 rings (SSSR count). The zero-order valence-corrected chi connectivity index (χ0v) is 8.59. The standard InChI is InChI=1S/C10H9ClO3/c1-6-3-4-8(11)9(7(6)5-12)10(13)14-2/h3-5H,1-2H3. The van der Waals surface area contributed by atoms with E-state index in [1.165, 1.54) is 7.11 Å². The molecule has 4 heteroatoms. The van der Waals surface area contributed by atoms with Gasteiger partial charge in [0.05, 0.1) is 17.7 Å². The molecule has 0 saturated heterocycles. The summed E-state index contributed by atoms with van der Waals surface area (Å²) >= 11 is 5.79. The lowest BCUT2D eigenvalue weighted by Gasteiger charge is -2.07. The number of aryl methyl sites for hydroxylation is 1. The highest BCUT2D eigenvalue weighted by atomic mass is 35.5. The Morgan fingerprint density at radius 3 is 2.64 bits per heavy atom. The fourth-order valence-corrected chi connectivity index (χ4v) is 1.40. The van der Waals surface area contributed by atoms with Crippen molar-refractivity contribution in [3.63, 3.8) is 0 Å². The molecular weight excluding hydrogens is 204 g/mol. The average molecular weight is 213 g/mol. The van der Waals surface area contributed by atoms with Crippen LogP contribution in [0.3, 0.4) is 0 Å². The molecule has 0 aliphatic heterocycles. The number of carbonyl (C=O) groups is 2. The Kier molecular flexibility index (Phi) is 3.25.